The van der Waals surface area contributed by atoms with Crippen LogP contribution in [0.2, 0.25) is 0 Å². The first-order valence-electron chi connectivity index (χ1n) is 14.3. The molecule has 0 aliphatic carbocycles. The van der Waals surface area contributed by atoms with E-state index in [1.54, 1.807) is 36.1 Å². The number of hydrogen-bond donors (Lipinski definition) is 3. The van der Waals surface area contributed by atoms with Gasteiger partial charge in [0.2, 0.25) is 0 Å². The minimum Gasteiger partial charge on any atom is -0.377 e. The summed E-state index contributed by atoms with van der Waals surface area (Å²) < 4.78 is 21.8. The summed E-state index contributed by atoms with van der Waals surface area (Å²) in [4.78, 5) is 31.8. The summed E-state index contributed by atoms with van der Waals surface area (Å²) in [6, 6.07) is 18.4. The Kier molecular flexibility index (Phi) is 9.14. The lowest BCUT2D eigenvalue weighted by atomic mass is 9.88. The molecule has 10 heteroatoms. The highest BCUT2D eigenvalue weighted by Gasteiger charge is 2.26. The fourth-order valence-electron chi connectivity index (χ4n) is 5.30. The van der Waals surface area contributed by atoms with Crippen molar-refractivity contribution in [3.63, 3.8) is 0 Å². The van der Waals surface area contributed by atoms with Crippen LogP contribution in [0.5, 0.6) is 0 Å². The SMILES string of the molecule is CNC(=O)n1ccc2cc(N(CCOC(C)C)c3ccnc(NC(=O)c4ccc(C5CCNCC5F)cc4)c3)ccc21. The Morgan fingerprint density at radius 2 is 1.90 bits per heavy atom. The smallest absolute Gasteiger partial charge is 0.325 e. The molecule has 0 bridgehead atoms. The van der Waals surface area contributed by atoms with Crippen molar-refractivity contribution in [2.75, 3.05) is 43.5 Å². The summed E-state index contributed by atoms with van der Waals surface area (Å²) in [5.74, 6) is -0.0423. The molecular weight excluding hydrogens is 535 g/mol. The van der Waals surface area contributed by atoms with Gasteiger partial charge in [-0.25, -0.2) is 14.2 Å². The number of carbonyl (C=O) groups is 2. The van der Waals surface area contributed by atoms with Gasteiger partial charge in [0.1, 0.15) is 12.0 Å². The second kappa shape index (κ2) is 13.1. The van der Waals surface area contributed by atoms with E-state index >= 15 is 0 Å². The molecule has 0 spiro atoms. The van der Waals surface area contributed by atoms with Gasteiger partial charge in [0.15, 0.2) is 0 Å². The molecule has 1 aliphatic heterocycles. The predicted octanol–water partition coefficient (Wildman–Crippen LogP) is 5.45. The summed E-state index contributed by atoms with van der Waals surface area (Å²) in [6.07, 6.45) is 3.28. The van der Waals surface area contributed by atoms with Crippen molar-refractivity contribution in [1.82, 2.24) is 20.2 Å². The first-order valence-corrected chi connectivity index (χ1v) is 14.3. The standard InChI is InChI=1S/C32H37FN6O3/c1-21(2)42-17-16-38(25-8-9-29-24(18-25)12-15-39(29)32(41)34-3)26-10-14-36-30(19-26)37-31(40)23-6-4-22(5-7-23)27-11-13-35-20-28(27)33/h4-10,12,14-15,18-19,21,27-28,35H,11,13,16-17,20H2,1-3H3,(H,34,41)(H,36,37,40). The number of halogens is 1. The van der Waals surface area contributed by atoms with E-state index in [-0.39, 0.29) is 24.0 Å². The number of piperidine rings is 1. The number of anilines is 3. The van der Waals surface area contributed by atoms with Gasteiger partial charge in [0.25, 0.3) is 5.91 Å². The molecule has 1 fully saturated rings. The highest BCUT2D eigenvalue weighted by atomic mass is 19.1. The van der Waals surface area contributed by atoms with Gasteiger partial charge in [0, 0.05) is 66.8 Å². The van der Waals surface area contributed by atoms with Crippen LogP contribution in [0.25, 0.3) is 10.9 Å². The fraction of sp³-hybridized carbons (Fsp3) is 0.344. The van der Waals surface area contributed by atoms with Gasteiger partial charge in [-0.05, 0) is 74.8 Å². The number of carbonyl (C=O) groups excluding carboxylic acids is 2. The lowest BCUT2D eigenvalue weighted by molar-refractivity contribution is 0.0851. The number of rotatable bonds is 9. The number of nitrogens with zero attached hydrogens (tertiary/aromatic N) is 3. The van der Waals surface area contributed by atoms with Crippen LogP contribution >= 0.6 is 0 Å². The number of hydrogen-bond acceptors (Lipinski definition) is 6. The molecule has 2 aromatic heterocycles. The Hall–Kier alpha value is -4.28. The Morgan fingerprint density at radius 3 is 2.64 bits per heavy atom. The largest absolute Gasteiger partial charge is 0.377 e. The molecule has 1 saturated heterocycles. The van der Waals surface area contributed by atoms with E-state index in [0.717, 1.165) is 40.8 Å². The molecule has 42 heavy (non-hydrogen) atoms. The summed E-state index contributed by atoms with van der Waals surface area (Å²) in [7, 11) is 1.60. The predicted molar refractivity (Wildman–Crippen MR) is 164 cm³/mol. The van der Waals surface area contributed by atoms with Crippen molar-refractivity contribution in [2.45, 2.75) is 38.5 Å². The first kappa shape index (κ1) is 29.2. The number of ether oxygens (including phenoxy) is 1. The monoisotopic (exact) mass is 572 g/mol. The number of aromatic nitrogens is 2. The van der Waals surface area contributed by atoms with Gasteiger partial charge in [0.05, 0.1) is 18.2 Å². The summed E-state index contributed by atoms with van der Waals surface area (Å²) >= 11 is 0. The molecule has 0 saturated carbocycles. The van der Waals surface area contributed by atoms with E-state index in [9.17, 15) is 14.0 Å². The Balaban J connectivity index is 1.36. The zero-order valence-corrected chi connectivity index (χ0v) is 24.1. The molecule has 2 amide bonds. The molecule has 9 nitrogen and oxygen atoms in total. The Morgan fingerprint density at radius 1 is 1.12 bits per heavy atom. The highest BCUT2D eigenvalue weighted by molar-refractivity contribution is 6.04. The zero-order valence-electron chi connectivity index (χ0n) is 24.1. The molecule has 2 aromatic carbocycles. The van der Waals surface area contributed by atoms with E-state index in [0.29, 0.717) is 31.1 Å². The first-order chi connectivity index (χ1) is 20.3. The van der Waals surface area contributed by atoms with Crippen molar-refractivity contribution in [1.29, 1.82) is 0 Å². The normalized spacial score (nSPS) is 16.9. The summed E-state index contributed by atoms with van der Waals surface area (Å²) in [5, 5.41) is 9.54. The van der Waals surface area contributed by atoms with Gasteiger partial charge >= 0.3 is 6.03 Å². The Labute approximate surface area is 245 Å². The maximum Gasteiger partial charge on any atom is 0.325 e. The van der Waals surface area contributed by atoms with Crippen LogP contribution in [0.1, 0.15) is 42.1 Å². The van der Waals surface area contributed by atoms with Crippen LogP contribution < -0.4 is 20.9 Å². The van der Waals surface area contributed by atoms with E-state index in [2.05, 4.69) is 25.8 Å². The highest BCUT2D eigenvalue weighted by Crippen LogP contribution is 2.31. The lowest BCUT2D eigenvalue weighted by Gasteiger charge is -2.27. The molecule has 0 radical (unpaired) electrons. The lowest BCUT2D eigenvalue weighted by Crippen LogP contribution is -2.36. The number of alkyl halides is 1. The third-order valence-corrected chi connectivity index (χ3v) is 7.49. The minimum atomic E-state index is -0.935. The van der Waals surface area contributed by atoms with E-state index in [4.69, 9.17) is 4.74 Å². The summed E-state index contributed by atoms with van der Waals surface area (Å²) in [6.45, 7) is 6.17. The molecule has 2 atom stereocenters. The van der Waals surface area contributed by atoms with Crippen molar-refractivity contribution in [2.24, 2.45) is 0 Å². The third-order valence-electron chi connectivity index (χ3n) is 7.49. The van der Waals surface area contributed by atoms with Crippen molar-refractivity contribution < 1.29 is 18.7 Å². The minimum absolute atomic E-state index is 0.0835. The van der Waals surface area contributed by atoms with Crippen LogP contribution in [0.3, 0.4) is 0 Å². The second-order valence-electron chi connectivity index (χ2n) is 10.6. The van der Waals surface area contributed by atoms with E-state index < -0.39 is 6.17 Å². The third kappa shape index (κ3) is 6.61. The molecule has 220 valence electrons. The van der Waals surface area contributed by atoms with Crippen LogP contribution in [0.15, 0.2) is 73.1 Å². The zero-order chi connectivity index (χ0) is 29.6. The number of nitrogens with one attached hydrogen (secondary N) is 3. The van der Waals surface area contributed by atoms with Crippen LogP contribution in [-0.4, -0.2) is 67.1 Å². The topological polar surface area (TPSA) is 101 Å². The molecule has 3 heterocycles. The van der Waals surface area contributed by atoms with Crippen LogP contribution in [0, 0.1) is 0 Å². The number of fused-ring (bicyclic) bond motifs is 1. The molecule has 5 rings (SSSR count). The number of benzene rings is 2. The molecule has 2 unspecified atom stereocenters. The molecule has 3 N–H and O–H groups in total. The average Bonchev–Trinajstić information content (AvgIpc) is 3.43. The van der Waals surface area contributed by atoms with Gasteiger partial charge < -0.3 is 25.6 Å². The molecular formula is C32H37FN6O3. The molecule has 4 aromatic rings. The number of amides is 2. The number of pyridine rings is 1. The van der Waals surface area contributed by atoms with Crippen molar-refractivity contribution >= 4 is 40.0 Å². The quantitative estimate of drug-likeness (QED) is 0.247. The summed E-state index contributed by atoms with van der Waals surface area (Å²) in [5.41, 5.74) is 3.92. The average molecular weight is 573 g/mol. The fourth-order valence-corrected chi connectivity index (χ4v) is 5.30. The second-order valence-corrected chi connectivity index (χ2v) is 10.6. The maximum absolute atomic E-state index is 14.4. The van der Waals surface area contributed by atoms with Gasteiger partial charge in [-0.15, -0.1) is 0 Å². The van der Waals surface area contributed by atoms with E-state index in [1.807, 2.05) is 62.4 Å². The van der Waals surface area contributed by atoms with E-state index in [1.165, 1.54) is 0 Å². The van der Waals surface area contributed by atoms with Gasteiger partial charge in [-0.1, -0.05) is 12.1 Å². The van der Waals surface area contributed by atoms with Crippen LogP contribution in [0.4, 0.5) is 26.4 Å². The molecule has 1 aliphatic rings. The van der Waals surface area contributed by atoms with Crippen LogP contribution in [-0.2, 0) is 4.74 Å². The van der Waals surface area contributed by atoms with Gasteiger partial charge in [-0.2, -0.15) is 0 Å². The van der Waals surface area contributed by atoms with Crippen molar-refractivity contribution in [3.8, 4) is 0 Å². The maximum atomic E-state index is 14.4. The Bertz CT molecular complexity index is 1540. The van der Waals surface area contributed by atoms with Gasteiger partial charge in [-0.3, -0.25) is 9.36 Å². The van der Waals surface area contributed by atoms with Crippen molar-refractivity contribution in [3.05, 3.63) is 84.2 Å².